The molecule has 2 aromatic carbocycles. The van der Waals surface area contributed by atoms with Crippen LogP contribution in [-0.2, 0) is 0 Å². The number of carbonyl (C=O) groups is 1. The molecule has 1 amide bonds. The Morgan fingerprint density at radius 3 is 2.96 bits per heavy atom. The molecule has 0 saturated carbocycles. The topological polar surface area (TPSA) is 99.6 Å². The summed E-state index contributed by atoms with van der Waals surface area (Å²) in [6.07, 6.45) is 2.26. The highest BCUT2D eigenvalue weighted by atomic mass is 79.9. The number of H-pyrrole nitrogens is 1. The molecule has 3 N–H and O–H groups in total. The second-order valence-corrected chi connectivity index (χ2v) is 6.83. The van der Waals surface area contributed by atoms with Crippen molar-refractivity contribution in [2.75, 3.05) is 6.61 Å². The standard InChI is InChI=1S/C20H19BrN4O3/c1-2-9-28-19-6-4-3-5-15(19)16-11-17(24-23-16)20(27)25-22-12-13-10-14(21)7-8-18(13)26/h3-8,10-12,26H,2,9H2,1H3,(H,23,24)(H,25,27)/b22-12+. The summed E-state index contributed by atoms with van der Waals surface area (Å²) in [6.45, 7) is 2.64. The fourth-order valence-corrected chi connectivity index (χ4v) is 2.82. The molecule has 0 radical (unpaired) electrons. The van der Waals surface area contributed by atoms with Crippen molar-refractivity contribution in [3.63, 3.8) is 0 Å². The molecule has 1 heterocycles. The number of aromatic nitrogens is 2. The predicted octanol–water partition coefficient (Wildman–Crippen LogP) is 4.10. The van der Waals surface area contributed by atoms with E-state index in [1.54, 1.807) is 18.2 Å². The number of hydrogen-bond donors (Lipinski definition) is 3. The van der Waals surface area contributed by atoms with Crippen molar-refractivity contribution in [3.05, 3.63) is 64.3 Å². The van der Waals surface area contributed by atoms with Gasteiger partial charge >= 0.3 is 0 Å². The van der Waals surface area contributed by atoms with Crippen LogP contribution in [0.4, 0.5) is 0 Å². The SMILES string of the molecule is CCCOc1ccccc1-c1cc(C(=O)N/N=C/c2cc(Br)ccc2O)[nH]n1. The van der Waals surface area contributed by atoms with Gasteiger partial charge < -0.3 is 9.84 Å². The fraction of sp³-hybridized carbons (Fsp3) is 0.150. The third kappa shape index (κ3) is 4.77. The second-order valence-electron chi connectivity index (χ2n) is 5.91. The van der Waals surface area contributed by atoms with Crippen LogP contribution in [0, 0.1) is 0 Å². The number of phenolic OH excluding ortho intramolecular Hbond substituents is 1. The van der Waals surface area contributed by atoms with Gasteiger partial charge in [-0.15, -0.1) is 0 Å². The molecule has 144 valence electrons. The molecular weight excluding hydrogens is 424 g/mol. The largest absolute Gasteiger partial charge is 0.507 e. The van der Waals surface area contributed by atoms with Crippen LogP contribution in [-0.4, -0.2) is 34.0 Å². The van der Waals surface area contributed by atoms with Gasteiger partial charge in [-0.3, -0.25) is 9.89 Å². The number of aromatic amines is 1. The van der Waals surface area contributed by atoms with Crippen LogP contribution in [0.3, 0.4) is 0 Å². The van der Waals surface area contributed by atoms with Gasteiger partial charge in [-0.1, -0.05) is 35.0 Å². The maximum absolute atomic E-state index is 12.3. The molecule has 0 saturated heterocycles. The number of rotatable bonds is 7. The summed E-state index contributed by atoms with van der Waals surface area (Å²) in [7, 11) is 0. The number of amides is 1. The van der Waals surface area contributed by atoms with Crippen molar-refractivity contribution in [1.29, 1.82) is 0 Å². The summed E-state index contributed by atoms with van der Waals surface area (Å²) in [4.78, 5) is 12.3. The Balaban J connectivity index is 1.71. The summed E-state index contributed by atoms with van der Waals surface area (Å²) in [5.74, 6) is 0.330. The third-order valence-electron chi connectivity index (χ3n) is 3.81. The Hall–Kier alpha value is -3.13. The summed E-state index contributed by atoms with van der Waals surface area (Å²) in [5.41, 5.74) is 4.55. The number of nitrogens with zero attached hydrogens (tertiary/aromatic N) is 2. The Kier molecular flexibility index (Phi) is 6.44. The van der Waals surface area contributed by atoms with E-state index in [0.29, 0.717) is 23.6 Å². The van der Waals surface area contributed by atoms with Gasteiger partial charge in [0.2, 0.25) is 0 Å². The van der Waals surface area contributed by atoms with Gasteiger partial charge in [0, 0.05) is 15.6 Å². The van der Waals surface area contributed by atoms with E-state index in [9.17, 15) is 9.90 Å². The molecule has 0 atom stereocenters. The molecule has 0 aliphatic heterocycles. The van der Waals surface area contributed by atoms with Gasteiger partial charge in [0.25, 0.3) is 5.91 Å². The highest BCUT2D eigenvalue weighted by Gasteiger charge is 2.13. The zero-order valence-electron chi connectivity index (χ0n) is 15.1. The molecule has 3 rings (SSSR count). The first-order valence-electron chi connectivity index (χ1n) is 8.68. The van der Waals surface area contributed by atoms with E-state index < -0.39 is 5.91 Å². The lowest BCUT2D eigenvalue weighted by Gasteiger charge is -2.08. The summed E-state index contributed by atoms with van der Waals surface area (Å²) in [5, 5.41) is 20.6. The van der Waals surface area contributed by atoms with Crippen LogP contribution in [0.15, 0.2) is 58.1 Å². The molecule has 7 nitrogen and oxygen atoms in total. The Morgan fingerprint density at radius 1 is 1.32 bits per heavy atom. The van der Waals surface area contributed by atoms with Gasteiger partial charge in [-0.05, 0) is 42.8 Å². The Bertz CT molecular complexity index is 1000. The molecule has 8 heteroatoms. The van der Waals surface area contributed by atoms with Crippen molar-refractivity contribution in [3.8, 4) is 22.8 Å². The Labute approximate surface area is 170 Å². The van der Waals surface area contributed by atoms with Crippen LogP contribution in [0.5, 0.6) is 11.5 Å². The second kappa shape index (κ2) is 9.18. The lowest BCUT2D eigenvalue weighted by atomic mass is 10.1. The number of nitrogens with one attached hydrogen (secondary N) is 2. The van der Waals surface area contributed by atoms with Gasteiger partial charge in [0.05, 0.1) is 18.5 Å². The molecular formula is C20H19BrN4O3. The van der Waals surface area contributed by atoms with E-state index >= 15 is 0 Å². The van der Waals surface area contributed by atoms with Gasteiger partial charge in [-0.2, -0.15) is 10.2 Å². The fourth-order valence-electron chi connectivity index (χ4n) is 2.44. The molecule has 0 unspecified atom stereocenters. The summed E-state index contributed by atoms with van der Waals surface area (Å²) in [6, 6.07) is 14.1. The zero-order chi connectivity index (χ0) is 19.9. The number of carbonyl (C=O) groups excluding carboxylic acids is 1. The summed E-state index contributed by atoms with van der Waals surface area (Å²) >= 11 is 3.32. The number of halogens is 1. The quantitative estimate of drug-likeness (QED) is 0.378. The lowest BCUT2D eigenvalue weighted by Crippen LogP contribution is -2.18. The first-order valence-corrected chi connectivity index (χ1v) is 9.47. The van der Waals surface area contributed by atoms with Gasteiger partial charge in [0.15, 0.2) is 0 Å². The van der Waals surface area contributed by atoms with Crippen LogP contribution in [0.2, 0.25) is 0 Å². The van der Waals surface area contributed by atoms with Crippen LogP contribution in [0.1, 0.15) is 29.4 Å². The molecule has 0 bridgehead atoms. The normalized spacial score (nSPS) is 10.9. The van der Waals surface area contributed by atoms with E-state index in [1.807, 2.05) is 31.2 Å². The molecule has 3 aromatic rings. The molecule has 0 aliphatic rings. The van der Waals surface area contributed by atoms with Crippen LogP contribution in [0.25, 0.3) is 11.3 Å². The molecule has 1 aromatic heterocycles. The molecule has 0 fully saturated rings. The van der Waals surface area contributed by atoms with E-state index in [-0.39, 0.29) is 11.4 Å². The van der Waals surface area contributed by atoms with E-state index in [0.717, 1.165) is 16.5 Å². The van der Waals surface area contributed by atoms with E-state index in [2.05, 4.69) is 36.7 Å². The summed E-state index contributed by atoms with van der Waals surface area (Å²) < 4.78 is 6.53. The number of benzene rings is 2. The van der Waals surface area contributed by atoms with Gasteiger partial charge in [0.1, 0.15) is 17.2 Å². The molecule has 0 spiro atoms. The minimum Gasteiger partial charge on any atom is -0.507 e. The van der Waals surface area contributed by atoms with Crippen molar-refractivity contribution in [1.82, 2.24) is 15.6 Å². The van der Waals surface area contributed by atoms with Crippen molar-refractivity contribution in [2.24, 2.45) is 5.10 Å². The highest BCUT2D eigenvalue weighted by molar-refractivity contribution is 9.10. The number of hydrazone groups is 1. The van der Waals surface area contributed by atoms with Crippen molar-refractivity contribution in [2.45, 2.75) is 13.3 Å². The number of phenols is 1. The average Bonchev–Trinajstić information content (AvgIpc) is 3.19. The number of para-hydroxylation sites is 1. The van der Waals surface area contributed by atoms with E-state index in [1.165, 1.54) is 12.3 Å². The predicted molar refractivity (Wildman–Crippen MR) is 111 cm³/mol. The highest BCUT2D eigenvalue weighted by Crippen LogP contribution is 2.28. The maximum Gasteiger partial charge on any atom is 0.289 e. The first kappa shape index (κ1) is 19.6. The zero-order valence-corrected chi connectivity index (χ0v) is 16.7. The number of aromatic hydroxyl groups is 1. The monoisotopic (exact) mass is 442 g/mol. The van der Waals surface area contributed by atoms with Crippen LogP contribution >= 0.6 is 15.9 Å². The first-order chi connectivity index (χ1) is 13.6. The van der Waals surface area contributed by atoms with E-state index in [4.69, 9.17) is 4.74 Å². The Morgan fingerprint density at radius 2 is 2.14 bits per heavy atom. The molecule has 28 heavy (non-hydrogen) atoms. The minimum atomic E-state index is -0.448. The lowest BCUT2D eigenvalue weighted by molar-refractivity contribution is 0.0950. The number of ether oxygens (including phenoxy) is 1. The minimum absolute atomic E-state index is 0.0636. The van der Waals surface area contributed by atoms with Crippen molar-refractivity contribution >= 4 is 28.1 Å². The maximum atomic E-state index is 12.3. The van der Waals surface area contributed by atoms with Crippen LogP contribution < -0.4 is 10.2 Å². The third-order valence-corrected chi connectivity index (χ3v) is 4.30. The van der Waals surface area contributed by atoms with Crippen molar-refractivity contribution < 1.29 is 14.6 Å². The average molecular weight is 443 g/mol. The smallest absolute Gasteiger partial charge is 0.289 e. The molecule has 0 aliphatic carbocycles. The van der Waals surface area contributed by atoms with Gasteiger partial charge in [-0.25, -0.2) is 5.43 Å². The number of hydrogen-bond acceptors (Lipinski definition) is 5.